The molecule has 1 aliphatic heterocycles. The topological polar surface area (TPSA) is 15.3 Å². The van der Waals surface area contributed by atoms with Crippen molar-refractivity contribution in [3.8, 4) is 0 Å². The van der Waals surface area contributed by atoms with Crippen LogP contribution in [-0.2, 0) is 0 Å². The van der Waals surface area contributed by atoms with Gasteiger partial charge in [-0.1, -0.05) is 6.92 Å². The van der Waals surface area contributed by atoms with Crippen LogP contribution in [0.3, 0.4) is 0 Å². The monoisotopic (exact) mass is 128 g/mol. The van der Waals surface area contributed by atoms with Gasteiger partial charge in [-0.25, -0.2) is 5.01 Å². The van der Waals surface area contributed by atoms with Gasteiger partial charge in [-0.3, -0.25) is 5.43 Å². The van der Waals surface area contributed by atoms with E-state index >= 15 is 0 Å². The zero-order valence-electron chi connectivity index (χ0n) is 6.52. The SMILES string of the molecule is CCN1NC(C)CC1C. The molecule has 1 N–H and O–H groups in total. The summed E-state index contributed by atoms with van der Waals surface area (Å²) in [4.78, 5) is 0. The first kappa shape index (κ1) is 7.03. The van der Waals surface area contributed by atoms with Gasteiger partial charge >= 0.3 is 0 Å². The average molecular weight is 128 g/mol. The second-order valence-electron chi connectivity index (χ2n) is 2.90. The number of nitrogens with zero attached hydrogens (tertiary/aromatic N) is 1. The van der Waals surface area contributed by atoms with Gasteiger partial charge < -0.3 is 0 Å². The Balaban J connectivity index is 2.38. The molecule has 1 heterocycles. The summed E-state index contributed by atoms with van der Waals surface area (Å²) in [5, 5.41) is 2.30. The minimum atomic E-state index is 0.681. The predicted molar refractivity (Wildman–Crippen MR) is 39.1 cm³/mol. The smallest absolute Gasteiger partial charge is 0.0230 e. The van der Waals surface area contributed by atoms with Crippen molar-refractivity contribution >= 4 is 0 Å². The van der Waals surface area contributed by atoms with Gasteiger partial charge in [-0.05, 0) is 20.3 Å². The van der Waals surface area contributed by atoms with E-state index in [4.69, 9.17) is 0 Å². The molecule has 0 aromatic rings. The average Bonchev–Trinajstić information content (AvgIpc) is 2.10. The maximum absolute atomic E-state index is 3.39. The molecule has 0 radical (unpaired) electrons. The van der Waals surface area contributed by atoms with Crippen LogP contribution >= 0.6 is 0 Å². The zero-order chi connectivity index (χ0) is 6.85. The minimum absolute atomic E-state index is 0.681. The summed E-state index contributed by atoms with van der Waals surface area (Å²) in [6.07, 6.45) is 1.29. The van der Waals surface area contributed by atoms with E-state index in [-0.39, 0.29) is 0 Å². The van der Waals surface area contributed by atoms with E-state index in [1.165, 1.54) is 6.42 Å². The molecule has 54 valence electrons. The lowest BCUT2D eigenvalue weighted by Gasteiger charge is -2.17. The van der Waals surface area contributed by atoms with E-state index in [1.54, 1.807) is 0 Å². The van der Waals surface area contributed by atoms with Crippen molar-refractivity contribution in [1.29, 1.82) is 0 Å². The molecule has 2 nitrogen and oxygen atoms in total. The molecule has 1 fully saturated rings. The highest BCUT2D eigenvalue weighted by atomic mass is 15.5. The van der Waals surface area contributed by atoms with Gasteiger partial charge in [-0.15, -0.1) is 0 Å². The first-order valence-electron chi connectivity index (χ1n) is 3.77. The van der Waals surface area contributed by atoms with Crippen molar-refractivity contribution in [2.45, 2.75) is 39.3 Å². The lowest BCUT2D eigenvalue weighted by Crippen LogP contribution is -2.37. The summed E-state index contributed by atoms with van der Waals surface area (Å²) < 4.78 is 0. The molecular formula is C7H16N2. The lowest BCUT2D eigenvalue weighted by molar-refractivity contribution is 0.201. The van der Waals surface area contributed by atoms with Crippen LogP contribution in [0.5, 0.6) is 0 Å². The van der Waals surface area contributed by atoms with Crippen LogP contribution in [0.1, 0.15) is 27.2 Å². The highest BCUT2D eigenvalue weighted by Crippen LogP contribution is 2.11. The van der Waals surface area contributed by atoms with Crippen LogP contribution in [0.25, 0.3) is 0 Å². The van der Waals surface area contributed by atoms with Gasteiger partial charge in [0, 0.05) is 18.6 Å². The third-order valence-electron chi connectivity index (χ3n) is 1.95. The number of nitrogens with one attached hydrogen (secondary N) is 1. The minimum Gasteiger partial charge on any atom is -0.252 e. The van der Waals surface area contributed by atoms with Gasteiger partial charge in [0.1, 0.15) is 0 Å². The molecule has 1 rings (SSSR count). The first-order valence-corrected chi connectivity index (χ1v) is 3.77. The molecule has 0 aromatic heterocycles. The zero-order valence-corrected chi connectivity index (χ0v) is 6.52. The Hall–Kier alpha value is -0.0800. The Bertz CT molecular complexity index is 92.9. The van der Waals surface area contributed by atoms with Gasteiger partial charge in [0.15, 0.2) is 0 Å². The van der Waals surface area contributed by atoms with E-state index in [9.17, 15) is 0 Å². The van der Waals surface area contributed by atoms with Crippen LogP contribution in [-0.4, -0.2) is 23.6 Å². The molecule has 0 amide bonds. The maximum Gasteiger partial charge on any atom is 0.0230 e. The standard InChI is InChI=1S/C7H16N2/c1-4-9-7(3)5-6(2)8-9/h6-8H,4-5H2,1-3H3. The molecule has 9 heavy (non-hydrogen) atoms. The predicted octanol–water partition coefficient (Wildman–Crippen LogP) is 0.994. The fraction of sp³-hybridized carbons (Fsp3) is 1.00. The molecule has 0 aliphatic carbocycles. The quantitative estimate of drug-likeness (QED) is 0.566. The van der Waals surface area contributed by atoms with Crippen molar-refractivity contribution in [3.05, 3.63) is 0 Å². The summed E-state index contributed by atoms with van der Waals surface area (Å²) in [7, 11) is 0. The Morgan fingerprint density at radius 3 is 2.44 bits per heavy atom. The van der Waals surface area contributed by atoms with Crippen molar-refractivity contribution in [3.63, 3.8) is 0 Å². The molecule has 0 aromatic carbocycles. The largest absolute Gasteiger partial charge is 0.252 e. The fourth-order valence-electron chi connectivity index (χ4n) is 1.50. The molecule has 1 saturated heterocycles. The summed E-state index contributed by atoms with van der Waals surface area (Å²) in [5.41, 5.74) is 3.39. The maximum atomic E-state index is 3.39. The van der Waals surface area contributed by atoms with Crippen LogP contribution in [0.4, 0.5) is 0 Å². The van der Waals surface area contributed by atoms with E-state index in [1.807, 2.05) is 0 Å². The number of hydrogen-bond acceptors (Lipinski definition) is 2. The van der Waals surface area contributed by atoms with E-state index in [0.717, 1.165) is 12.6 Å². The summed E-state index contributed by atoms with van der Waals surface area (Å²) in [6.45, 7) is 7.79. The molecule has 0 saturated carbocycles. The molecule has 1 aliphatic rings. The second-order valence-corrected chi connectivity index (χ2v) is 2.90. The summed E-state index contributed by atoms with van der Waals surface area (Å²) >= 11 is 0. The number of hydrazine groups is 1. The molecular weight excluding hydrogens is 112 g/mol. The van der Waals surface area contributed by atoms with Crippen molar-refractivity contribution in [2.24, 2.45) is 0 Å². The second kappa shape index (κ2) is 2.67. The third kappa shape index (κ3) is 1.43. The van der Waals surface area contributed by atoms with Gasteiger partial charge in [0.25, 0.3) is 0 Å². The highest BCUT2D eigenvalue weighted by molar-refractivity contribution is 4.77. The fourth-order valence-corrected chi connectivity index (χ4v) is 1.50. The van der Waals surface area contributed by atoms with E-state index < -0.39 is 0 Å². The Morgan fingerprint density at radius 1 is 1.56 bits per heavy atom. The third-order valence-corrected chi connectivity index (χ3v) is 1.95. The molecule has 0 spiro atoms. The molecule has 2 heteroatoms. The number of rotatable bonds is 1. The normalized spacial score (nSPS) is 37.7. The van der Waals surface area contributed by atoms with Crippen molar-refractivity contribution < 1.29 is 0 Å². The van der Waals surface area contributed by atoms with E-state index in [0.29, 0.717) is 6.04 Å². The molecule has 2 unspecified atom stereocenters. The van der Waals surface area contributed by atoms with Crippen LogP contribution in [0.15, 0.2) is 0 Å². The van der Waals surface area contributed by atoms with Crippen LogP contribution in [0.2, 0.25) is 0 Å². The van der Waals surface area contributed by atoms with Crippen LogP contribution < -0.4 is 5.43 Å². The van der Waals surface area contributed by atoms with Crippen molar-refractivity contribution in [2.75, 3.05) is 6.54 Å². The van der Waals surface area contributed by atoms with Gasteiger partial charge in [0.2, 0.25) is 0 Å². The molecule has 0 bridgehead atoms. The molecule has 2 atom stereocenters. The summed E-state index contributed by atoms with van der Waals surface area (Å²) in [6, 6.07) is 1.41. The van der Waals surface area contributed by atoms with Crippen LogP contribution in [0, 0.1) is 0 Å². The van der Waals surface area contributed by atoms with Gasteiger partial charge in [-0.2, -0.15) is 0 Å². The van der Waals surface area contributed by atoms with Gasteiger partial charge in [0.05, 0.1) is 0 Å². The Kier molecular flexibility index (Phi) is 2.09. The first-order chi connectivity index (χ1) is 4.24. The lowest BCUT2D eigenvalue weighted by atomic mass is 10.2. The Labute approximate surface area is 57.2 Å². The highest BCUT2D eigenvalue weighted by Gasteiger charge is 2.23. The Morgan fingerprint density at radius 2 is 2.22 bits per heavy atom. The van der Waals surface area contributed by atoms with Crippen molar-refractivity contribution in [1.82, 2.24) is 10.4 Å². The van der Waals surface area contributed by atoms with E-state index in [2.05, 4.69) is 31.2 Å². The number of hydrogen-bond donors (Lipinski definition) is 1. The summed E-state index contributed by atoms with van der Waals surface area (Å²) in [5.74, 6) is 0.